The molecule has 0 unspecified atom stereocenters. The number of benzene rings is 1. The fraction of sp³-hybridized carbons (Fsp3) is 0.312. The third kappa shape index (κ3) is 5.49. The van der Waals surface area contributed by atoms with E-state index in [1.54, 1.807) is 18.3 Å². The quantitative estimate of drug-likeness (QED) is 0.857. The van der Waals surface area contributed by atoms with E-state index in [4.69, 9.17) is 0 Å². The van der Waals surface area contributed by atoms with Crippen LogP contribution in [0.5, 0.6) is 0 Å². The van der Waals surface area contributed by atoms with E-state index in [0.29, 0.717) is 5.82 Å². The van der Waals surface area contributed by atoms with Crippen LogP contribution in [0, 0.1) is 0 Å². The van der Waals surface area contributed by atoms with Crippen LogP contribution in [0.4, 0.5) is 10.6 Å². The molecule has 0 aliphatic carbocycles. The molecule has 0 bridgehead atoms. The second-order valence-corrected chi connectivity index (χ2v) is 5.29. The Morgan fingerprint density at radius 2 is 2.00 bits per heavy atom. The highest BCUT2D eigenvalue weighted by Crippen LogP contribution is 2.03. The zero-order chi connectivity index (χ0) is 15.8. The lowest BCUT2D eigenvalue weighted by atomic mass is 10.2. The minimum absolute atomic E-state index is 0.0189. The van der Waals surface area contributed by atoms with Crippen molar-refractivity contribution in [3.63, 3.8) is 0 Å². The van der Waals surface area contributed by atoms with Gasteiger partial charge in [0.2, 0.25) is 0 Å². The third-order valence-electron chi connectivity index (χ3n) is 3.07. The minimum Gasteiger partial charge on any atom is -0.334 e. The zero-order valence-corrected chi connectivity index (χ0v) is 12.9. The van der Waals surface area contributed by atoms with E-state index in [9.17, 15) is 4.79 Å². The molecule has 0 aliphatic rings. The molecular formula is C16H21N5O. The summed E-state index contributed by atoms with van der Waals surface area (Å²) in [6, 6.07) is 13.4. The molecule has 1 aromatic carbocycles. The maximum atomic E-state index is 11.9. The van der Waals surface area contributed by atoms with Crippen LogP contribution in [0.1, 0.15) is 12.5 Å². The molecule has 2 amide bonds. The van der Waals surface area contributed by atoms with Crippen molar-refractivity contribution in [2.75, 3.05) is 18.9 Å². The van der Waals surface area contributed by atoms with Crippen LogP contribution in [0.15, 0.2) is 48.7 Å². The standard InChI is InChI=1S/C16H21N5O/c1-13(11-21(2)12-14-7-4-3-5-8-14)18-16(22)19-15-9-6-10-17-20-15/h3-10,13H,11-12H2,1-2H3,(H2,18,19,20,22)/t13-/m0/s1. The van der Waals surface area contributed by atoms with Crippen LogP contribution in [0.3, 0.4) is 0 Å². The molecule has 6 nitrogen and oxygen atoms in total. The first kappa shape index (κ1) is 15.9. The Morgan fingerprint density at radius 1 is 1.23 bits per heavy atom. The van der Waals surface area contributed by atoms with Crippen LogP contribution in [-0.4, -0.2) is 40.8 Å². The number of rotatable bonds is 6. The SMILES string of the molecule is C[C@@H](CN(C)Cc1ccccc1)NC(=O)Nc1cccnn1. The van der Waals surface area contributed by atoms with Gasteiger partial charge in [-0.2, -0.15) is 5.10 Å². The lowest BCUT2D eigenvalue weighted by Crippen LogP contribution is -2.42. The largest absolute Gasteiger partial charge is 0.334 e. The lowest BCUT2D eigenvalue weighted by molar-refractivity contribution is 0.241. The highest BCUT2D eigenvalue weighted by atomic mass is 16.2. The number of hydrogen-bond acceptors (Lipinski definition) is 4. The van der Waals surface area contributed by atoms with E-state index in [0.717, 1.165) is 13.1 Å². The number of carbonyl (C=O) groups excluding carboxylic acids is 1. The molecule has 1 atom stereocenters. The van der Waals surface area contributed by atoms with Crippen LogP contribution < -0.4 is 10.6 Å². The van der Waals surface area contributed by atoms with Crippen molar-refractivity contribution >= 4 is 11.8 Å². The Labute approximate surface area is 130 Å². The molecule has 1 heterocycles. The summed E-state index contributed by atoms with van der Waals surface area (Å²) in [5.74, 6) is 0.435. The Kier molecular flexibility index (Phi) is 5.85. The van der Waals surface area contributed by atoms with Gasteiger partial charge in [-0.3, -0.25) is 5.32 Å². The Morgan fingerprint density at radius 3 is 2.68 bits per heavy atom. The van der Waals surface area contributed by atoms with E-state index in [2.05, 4.69) is 37.9 Å². The van der Waals surface area contributed by atoms with Gasteiger partial charge < -0.3 is 10.2 Å². The van der Waals surface area contributed by atoms with Crippen molar-refractivity contribution in [3.8, 4) is 0 Å². The second-order valence-electron chi connectivity index (χ2n) is 5.29. The zero-order valence-electron chi connectivity index (χ0n) is 12.9. The van der Waals surface area contributed by atoms with Gasteiger partial charge in [0.15, 0.2) is 5.82 Å². The van der Waals surface area contributed by atoms with Crippen molar-refractivity contribution in [1.29, 1.82) is 0 Å². The molecule has 0 radical (unpaired) electrons. The maximum Gasteiger partial charge on any atom is 0.320 e. The monoisotopic (exact) mass is 299 g/mol. The first-order chi connectivity index (χ1) is 10.6. The number of aromatic nitrogens is 2. The molecule has 0 spiro atoms. The Hall–Kier alpha value is -2.47. The van der Waals surface area contributed by atoms with Crippen molar-refractivity contribution < 1.29 is 4.79 Å². The molecule has 116 valence electrons. The Bertz CT molecular complexity index is 576. The van der Waals surface area contributed by atoms with Gasteiger partial charge in [0.05, 0.1) is 0 Å². The average Bonchev–Trinajstić information content (AvgIpc) is 2.48. The number of urea groups is 1. The predicted molar refractivity (Wildman–Crippen MR) is 86.4 cm³/mol. The van der Waals surface area contributed by atoms with Gasteiger partial charge in [-0.05, 0) is 31.7 Å². The number of nitrogens with zero attached hydrogens (tertiary/aromatic N) is 3. The maximum absolute atomic E-state index is 11.9. The summed E-state index contributed by atoms with van der Waals surface area (Å²) in [6.07, 6.45) is 1.56. The van der Waals surface area contributed by atoms with Crippen LogP contribution >= 0.6 is 0 Å². The highest BCUT2D eigenvalue weighted by molar-refractivity contribution is 5.88. The van der Waals surface area contributed by atoms with Crippen molar-refractivity contribution in [1.82, 2.24) is 20.4 Å². The average molecular weight is 299 g/mol. The number of hydrogen-bond donors (Lipinski definition) is 2. The number of likely N-dealkylation sites (N-methyl/N-ethyl adjacent to an activating group) is 1. The first-order valence-corrected chi connectivity index (χ1v) is 7.21. The van der Waals surface area contributed by atoms with Gasteiger partial charge in [0, 0.05) is 25.3 Å². The summed E-state index contributed by atoms with van der Waals surface area (Å²) < 4.78 is 0. The fourth-order valence-electron chi connectivity index (χ4n) is 2.22. The van der Waals surface area contributed by atoms with E-state index in [1.165, 1.54) is 5.56 Å². The predicted octanol–water partition coefficient (Wildman–Crippen LogP) is 2.12. The smallest absolute Gasteiger partial charge is 0.320 e. The van der Waals surface area contributed by atoms with Crippen LogP contribution in [0.25, 0.3) is 0 Å². The topological polar surface area (TPSA) is 70.2 Å². The molecule has 22 heavy (non-hydrogen) atoms. The Balaban J connectivity index is 1.75. The summed E-state index contributed by atoms with van der Waals surface area (Å²) >= 11 is 0. The first-order valence-electron chi connectivity index (χ1n) is 7.21. The van der Waals surface area contributed by atoms with Gasteiger partial charge in [0.1, 0.15) is 0 Å². The minimum atomic E-state index is -0.277. The normalized spacial score (nSPS) is 12.0. The van der Waals surface area contributed by atoms with Crippen molar-refractivity contribution in [2.24, 2.45) is 0 Å². The number of carbonyl (C=O) groups is 1. The van der Waals surface area contributed by atoms with E-state index < -0.39 is 0 Å². The molecular weight excluding hydrogens is 278 g/mol. The molecule has 6 heteroatoms. The van der Waals surface area contributed by atoms with Gasteiger partial charge in [-0.15, -0.1) is 5.10 Å². The van der Waals surface area contributed by atoms with Crippen LogP contribution in [-0.2, 0) is 6.54 Å². The van der Waals surface area contributed by atoms with Gasteiger partial charge in [0.25, 0.3) is 0 Å². The summed E-state index contributed by atoms with van der Waals surface area (Å²) in [6.45, 7) is 3.57. The van der Waals surface area contributed by atoms with Gasteiger partial charge in [-0.25, -0.2) is 4.79 Å². The molecule has 2 N–H and O–H groups in total. The lowest BCUT2D eigenvalue weighted by Gasteiger charge is -2.22. The van der Waals surface area contributed by atoms with Crippen molar-refractivity contribution in [3.05, 3.63) is 54.2 Å². The second kappa shape index (κ2) is 8.09. The summed E-state index contributed by atoms with van der Waals surface area (Å²) in [4.78, 5) is 14.0. The highest BCUT2D eigenvalue weighted by Gasteiger charge is 2.10. The van der Waals surface area contributed by atoms with Gasteiger partial charge in [-0.1, -0.05) is 30.3 Å². The number of anilines is 1. The number of amides is 2. The summed E-state index contributed by atoms with van der Waals surface area (Å²) in [5, 5.41) is 13.1. The molecule has 0 saturated carbocycles. The van der Waals surface area contributed by atoms with E-state index in [-0.39, 0.29) is 12.1 Å². The third-order valence-corrected chi connectivity index (χ3v) is 3.07. The van der Waals surface area contributed by atoms with Gasteiger partial charge >= 0.3 is 6.03 Å². The molecule has 1 aromatic heterocycles. The molecule has 0 saturated heterocycles. The number of nitrogens with one attached hydrogen (secondary N) is 2. The molecule has 2 aromatic rings. The van der Waals surface area contributed by atoms with E-state index in [1.807, 2.05) is 32.2 Å². The summed E-state index contributed by atoms with van der Waals surface area (Å²) in [5.41, 5.74) is 1.25. The molecule has 0 fully saturated rings. The van der Waals surface area contributed by atoms with Crippen molar-refractivity contribution in [2.45, 2.75) is 19.5 Å². The van der Waals surface area contributed by atoms with Crippen LogP contribution in [0.2, 0.25) is 0 Å². The fourth-order valence-corrected chi connectivity index (χ4v) is 2.22. The van der Waals surface area contributed by atoms with E-state index >= 15 is 0 Å². The molecule has 2 rings (SSSR count). The molecule has 0 aliphatic heterocycles. The summed E-state index contributed by atoms with van der Waals surface area (Å²) in [7, 11) is 2.03.